The van der Waals surface area contributed by atoms with Gasteiger partial charge in [-0.25, -0.2) is 4.98 Å². The largest absolute Gasteiger partial charge is 0.505 e. The van der Waals surface area contributed by atoms with E-state index in [1.165, 1.54) is 0 Å². The number of hydrogen-bond donors (Lipinski definition) is 3. The summed E-state index contributed by atoms with van der Waals surface area (Å²) in [5.41, 5.74) is 14.0. The highest BCUT2D eigenvalue weighted by Gasteiger charge is 2.06. The molecule has 0 fully saturated rings. The van der Waals surface area contributed by atoms with Gasteiger partial charge in [-0.2, -0.15) is 0 Å². The second kappa shape index (κ2) is 3.25. The average molecular weight is 225 g/mol. The summed E-state index contributed by atoms with van der Waals surface area (Å²) in [5, 5.41) is 11.4. The molecular weight excluding hydrogens is 214 g/mol. The van der Waals surface area contributed by atoms with Gasteiger partial charge in [0.25, 0.3) is 0 Å². The monoisotopic (exact) mass is 225 g/mol. The predicted molar refractivity (Wildman–Crippen MR) is 69.7 cm³/mol. The van der Waals surface area contributed by atoms with Crippen molar-refractivity contribution in [3.8, 4) is 5.75 Å². The summed E-state index contributed by atoms with van der Waals surface area (Å²) in [6.45, 7) is 0. The van der Waals surface area contributed by atoms with Crippen LogP contribution in [0.1, 0.15) is 0 Å². The maximum atomic E-state index is 9.89. The van der Waals surface area contributed by atoms with E-state index in [2.05, 4.69) is 4.98 Å². The highest BCUT2D eigenvalue weighted by molar-refractivity contribution is 5.98. The minimum absolute atomic E-state index is 0.0688. The highest BCUT2D eigenvalue weighted by Crippen LogP contribution is 2.32. The van der Waals surface area contributed by atoms with Crippen molar-refractivity contribution in [3.05, 3.63) is 36.4 Å². The van der Waals surface area contributed by atoms with Gasteiger partial charge in [0.15, 0.2) is 0 Å². The van der Waals surface area contributed by atoms with E-state index in [-0.39, 0.29) is 5.75 Å². The van der Waals surface area contributed by atoms with E-state index in [0.29, 0.717) is 22.3 Å². The third-order valence-electron chi connectivity index (χ3n) is 2.82. The number of nitrogen functional groups attached to an aromatic ring is 2. The van der Waals surface area contributed by atoms with Crippen molar-refractivity contribution in [3.63, 3.8) is 0 Å². The van der Waals surface area contributed by atoms with Gasteiger partial charge in [0, 0.05) is 16.5 Å². The third-order valence-corrected chi connectivity index (χ3v) is 2.82. The summed E-state index contributed by atoms with van der Waals surface area (Å²) in [7, 11) is 0. The number of pyridine rings is 1. The number of phenols is 1. The van der Waals surface area contributed by atoms with Crippen LogP contribution in [-0.2, 0) is 0 Å². The standard InChI is InChI=1S/C13H11N3O/c14-8-1-3-11-7(5-8)6-9-12(16-11)4-2-10(15)13(9)17/h1-6,17H,14-15H2. The molecule has 0 radical (unpaired) electrons. The number of fused-ring (bicyclic) bond motifs is 2. The fraction of sp³-hybridized carbons (Fsp3) is 0. The second-order valence-corrected chi connectivity index (χ2v) is 4.01. The fourth-order valence-corrected chi connectivity index (χ4v) is 1.93. The molecule has 0 aliphatic carbocycles. The van der Waals surface area contributed by atoms with E-state index >= 15 is 0 Å². The number of phenolic OH excluding ortho intramolecular Hbond substituents is 1. The SMILES string of the molecule is Nc1ccc2nc3ccc(N)c(O)c3cc2c1. The lowest BCUT2D eigenvalue weighted by molar-refractivity contribution is 0.484. The minimum Gasteiger partial charge on any atom is -0.505 e. The molecule has 4 nitrogen and oxygen atoms in total. The van der Waals surface area contributed by atoms with Gasteiger partial charge >= 0.3 is 0 Å². The van der Waals surface area contributed by atoms with Crippen LogP contribution in [0.4, 0.5) is 11.4 Å². The van der Waals surface area contributed by atoms with E-state index < -0.39 is 0 Å². The molecule has 2 aromatic carbocycles. The average Bonchev–Trinajstić information content (AvgIpc) is 2.32. The summed E-state index contributed by atoms with van der Waals surface area (Å²) >= 11 is 0. The number of nitrogens with two attached hydrogens (primary N) is 2. The molecule has 5 N–H and O–H groups in total. The van der Waals surface area contributed by atoms with Crippen LogP contribution in [0.5, 0.6) is 5.75 Å². The van der Waals surface area contributed by atoms with Crippen LogP contribution in [0.25, 0.3) is 21.8 Å². The molecule has 0 amide bonds. The van der Waals surface area contributed by atoms with Crippen molar-refractivity contribution in [2.75, 3.05) is 11.5 Å². The van der Waals surface area contributed by atoms with E-state index in [0.717, 1.165) is 10.9 Å². The van der Waals surface area contributed by atoms with Gasteiger partial charge in [0.2, 0.25) is 0 Å². The Morgan fingerprint density at radius 1 is 0.941 bits per heavy atom. The van der Waals surface area contributed by atoms with Crippen LogP contribution in [0.3, 0.4) is 0 Å². The molecule has 1 aromatic heterocycles. The van der Waals surface area contributed by atoms with Gasteiger partial charge in [0.05, 0.1) is 16.7 Å². The Balaban J connectivity index is 2.48. The molecule has 0 aliphatic rings. The summed E-state index contributed by atoms with van der Waals surface area (Å²) in [6, 6.07) is 10.8. The number of hydrogen-bond acceptors (Lipinski definition) is 4. The van der Waals surface area contributed by atoms with Gasteiger partial charge in [-0.15, -0.1) is 0 Å². The molecule has 4 heteroatoms. The number of rotatable bonds is 0. The maximum Gasteiger partial charge on any atom is 0.147 e. The Bertz CT molecular complexity index is 737. The third kappa shape index (κ3) is 1.42. The van der Waals surface area contributed by atoms with Crippen molar-refractivity contribution in [2.45, 2.75) is 0 Å². The second-order valence-electron chi connectivity index (χ2n) is 4.01. The van der Waals surface area contributed by atoms with E-state index in [9.17, 15) is 5.11 Å². The van der Waals surface area contributed by atoms with Gasteiger partial charge < -0.3 is 16.6 Å². The zero-order valence-corrected chi connectivity index (χ0v) is 9.01. The first-order valence-corrected chi connectivity index (χ1v) is 5.22. The molecule has 84 valence electrons. The predicted octanol–water partition coefficient (Wildman–Crippen LogP) is 2.26. The molecule has 1 heterocycles. The smallest absolute Gasteiger partial charge is 0.147 e. The molecule has 0 aliphatic heterocycles. The van der Waals surface area contributed by atoms with Crippen molar-refractivity contribution in [2.24, 2.45) is 0 Å². The van der Waals surface area contributed by atoms with Crippen LogP contribution in [-0.4, -0.2) is 10.1 Å². The Hall–Kier alpha value is -2.49. The maximum absolute atomic E-state index is 9.89. The summed E-state index contributed by atoms with van der Waals surface area (Å²) < 4.78 is 0. The Kier molecular flexibility index (Phi) is 1.86. The lowest BCUT2D eigenvalue weighted by Gasteiger charge is -2.06. The normalized spacial score (nSPS) is 11.1. The molecule has 0 atom stereocenters. The lowest BCUT2D eigenvalue weighted by Crippen LogP contribution is -1.90. The van der Waals surface area contributed by atoms with Crippen LogP contribution in [0, 0.1) is 0 Å². The molecule has 0 saturated heterocycles. The topological polar surface area (TPSA) is 85.2 Å². The van der Waals surface area contributed by atoms with E-state index in [1.54, 1.807) is 18.2 Å². The molecule has 0 saturated carbocycles. The van der Waals surface area contributed by atoms with Gasteiger partial charge in [-0.1, -0.05) is 0 Å². The van der Waals surface area contributed by atoms with E-state index in [4.69, 9.17) is 11.5 Å². The zero-order chi connectivity index (χ0) is 12.0. The molecule has 0 spiro atoms. The molecule has 0 bridgehead atoms. The number of nitrogens with zero attached hydrogens (tertiary/aromatic N) is 1. The summed E-state index contributed by atoms with van der Waals surface area (Å²) in [6.07, 6.45) is 0. The molecule has 3 aromatic rings. The van der Waals surface area contributed by atoms with E-state index in [1.807, 2.05) is 18.2 Å². The van der Waals surface area contributed by atoms with Gasteiger partial charge in [-0.05, 0) is 36.4 Å². The van der Waals surface area contributed by atoms with Crippen LogP contribution in [0.15, 0.2) is 36.4 Å². The summed E-state index contributed by atoms with van der Waals surface area (Å²) in [5.74, 6) is 0.0688. The first-order valence-electron chi connectivity index (χ1n) is 5.22. The van der Waals surface area contributed by atoms with Crippen LogP contribution in [0.2, 0.25) is 0 Å². The first-order chi connectivity index (χ1) is 8.15. The highest BCUT2D eigenvalue weighted by atomic mass is 16.3. The quantitative estimate of drug-likeness (QED) is 0.311. The Morgan fingerprint density at radius 3 is 2.53 bits per heavy atom. The number of anilines is 2. The van der Waals surface area contributed by atoms with Crippen LogP contribution < -0.4 is 11.5 Å². The van der Waals surface area contributed by atoms with Crippen molar-refractivity contribution in [1.82, 2.24) is 4.98 Å². The minimum atomic E-state index is 0.0688. The van der Waals surface area contributed by atoms with Crippen molar-refractivity contribution in [1.29, 1.82) is 0 Å². The van der Waals surface area contributed by atoms with Gasteiger partial charge in [0.1, 0.15) is 5.75 Å². The number of aromatic nitrogens is 1. The Labute approximate surface area is 97.5 Å². The van der Waals surface area contributed by atoms with Crippen molar-refractivity contribution >= 4 is 33.2 Å². The first kappa shape index (κ1) is 9.72. The molecular formula is C13H11N3O. The lowest BCUT2D eigenvalue weighted by atomic mass is 10.1. The van der Waals surface area contributed by atoms with Crippen LogP contribution >= 0.6 is 0 Å². The Morgan fingerprint density at radius 2 is 1.71 bits per heavy atom. The molecule has 0 unspecified atom stereocenters. The van der Waals surface area contributed by atoms with Gasteiger partial charge in [-0.3, -0.25) is 0 Å². The summed E-state index contributed by atoms with van der Waals surface area (Å²) in [4.78, 5) is 4.45. The van der Waals surface area contributed by atoms with Crippen molar-refractivity contribution < 1.29 is 5.11 Å². The number of benzene rings is 2. The molecule has 3 rings (SSSR count). The zero-order valence-electron chi connectivity index (χ0n) is 9.01. The molecule has 17 heavy (non-hydrogen) atoms. The number of aromatic hydroxyl groups is 1. The fourth-order valence-electron chi connectivity index (χ4n) is 1.93.